The number of rotatable bonds is 17. The van der Waals surface area contributed by atoms with Gasteiger partial charge in [-0.05, 0) is 12.8 Å². The van der Waals surface area contributed by atoms with E-state index in [0.717, 1.165) is 29.9 Å². The summed E-state index contributed by atoms with van der Waals surface area (Å²) >= 11 is 0. The minimum absolute atomic E-state index is 0.183. The van der Waals surface area contributed by atoms with E-state index in [9.17, 15) is 19.8 Å². The fourth-order valence-corrected chi connectivity index (χ4v) is 3.72. The second-order valence-corrected chi connectivity index (χ2v) is 8.26. The van der Waals surface area contributed by atoms with Crippen molar-refractivity contribution in [3.05, 3.63) is 28.2 Å². The molecule has 0 aliphatic carbocycles. The Kier molecular flexibility index (Phi) is 13.7. The summed E-state index contributed by atoms with van der Waals surface area (Å²) in [5, 5.41) is 19.4. The number of ketones is 1. The van der Waals surface area contributed by atoms with Gasteiger partial charge in [0.2, 0.25) is 0 Å². The molecule has 1 aromatic heterocycles. The second kappa shape index (κ2) is 15.8. The molecule has 5 heteroatoms. The maximum atomic E-state index is 12.0. The van der Waals surface area contributed by atoms with Crippen LogP contribution in [-0.2, 0) is 0 Å². The van der Waals surface area contributed by atoms with E-state index < -0.39 is 22.8 Å². The van der Waals surface area contributed by atoms with E-state index in [4.69, 9.17) is 0 Å². The number of carbonyl (C=O) groups is 1. The first-order chi connectivity index (χ1) is 14.5. The molecule has 0 aliphatic rings. The number of allylic oxidation sites excluding steroid dienone is 1. The average Bonchev–Trinajstić information content (AvgIpc) is 2.70. The topological polar surface area (TPSA) is 79.5 Å². The first kappa shape index (κ1) is 26.0. The second-order valence-electron chi connectivity index (χ2n) is 8.26. The van der Waals surface area contributed by atoms with Gasteiger partial charge in [0, 0.05) is 19.2 Å². The molecular formula is C25H41NO4. The highest BCUT2D eigenvalue weighted by molar-refractivity contribution is 5.96. The summed E-state index contributed by atoms with van der Waals surface area (Å²) < 4.78 is 1.10. The van der Waals surface area contributed by atoms with Crippen molar-refractivity contribution in [1.82, 2.24) is 4.57 Å². The van der Waals surface area contributed by atoms with Crippen molar-refractivity contribution in [3.63, 3.8) is 0 Å². The zero-order valence-electron chi connectivity index (χ0n) is 19.0. The molecule has 0 fully saturated rings. The van der Waals surface area contributed by atoms with Crippen LogP contribution in [0.25, 0.3) is 6.20 Å². The van der Waals surface area contributed by atoms with Crippen LogP contribution in [0, 0.1) is 0 Å². The lowest BCUT2D eigenvalue weighted by molar-refractivity contribution is 0.100. The number of aromatic nitrogens is 1. The molecule has 0 atom stereocenters. The van der Waals surface area contributed by atoms with E-state index >= 15 is 0 Å². The van der Waals surface area contributed by atoms with Crippen molar-refractivity contribution in [2.24, 2.45) is 0 Å². The number of hydrogen-bond acceptors (Lipinski definition) is 4. The highest BCUT2D eigenvalue weighted by Gasteiger charge is 2.16. The fourth-order valence-electron chi connectivity index (χ4n) is 3.72. The zero-order chi connectivity index (χ0) is 22.2. The molecule has 0 saturated carbocycles. The third kappa shape index (κ3) is 10.1. The number of nitrogens with zero attached hydrogens (tertiary/aromatic N) is 1. The SMILES string of the molecule is CCCCCCCCCCCCCCCCC=Cn1c(C(C)=O)c(O)c(O)cc1=O. The number of carbonyl (C=O) groups excluding carboxylic acids is 1. The lowest BCUT2D eigenvalue weighted by Crippen LogP contribution is -2.20. The Morgan fingerprint density at radius 1 is 0.867 bits per heavy atom. The molecule has 0 aromatic carbocycles. The summed E-state index contributed by atoms with van der Waals surface area (Å²) in [5.74, 6) is -1.59. The van der Waals surface area contributed by atoms with Crippen molar-refractivity contribution >= 4 is 12.0 Å². The van der Waals surface area contributed by atoms with Gasteiger partial charge in [0.25, 0.3) is 5.56 Å². The Bertz CT molecular complexity index is 706. The molecule has 1 aromatic rings. The van der Waals surface area contributed by atoms with E-state index in [-0.39, 0.29) is 5.69 Å². The van der Waals surface area contributed by atoms with Gasteiger partial charge >= 0.3 is 0 Å². The molecule has 2 N–H and O–H groups in total. The van der Waals surface area contributed by atoms with Crippen LogP contribution < -0.4 is 5.56 Å². The van der Waals surface area contributed by atoms with Crippen LogP contribution in [0.2, 0.25) is 0 Å². The Morgan fingerprint density at radius 2 is 1.33 bits per heavy atom. The normalized spacial score (nSPS) is 11.4. The smallest absolute Gasteiger partial charge is 0.259 e. The van der Waals surface area contributed by atoms with Crippen LogP contribution in [0.5, 0.6) is 11.5 Å². The van der Waals surface area contributed by atoms with Crippen LogP contribution in [0.4, 0.5) is 0 Å². The summed E-state index contributed by atoms with van der Waals surface area (Å²) in [7, 11) is 0. The molecule has 1 rings (SSSR count). The molecule has 5 nitrogen and oxygen atoms in total. The van der Waals surface area contributed by atoms with Gasteiger partial charge in [-0.3, -0.25) is 14.2 Å². The van der Waals surface area contributed by atoms with Gasteiger partial charge < -0.3 is 10.2 Å². The largest absolute Gasteiger partial charge is 0.504 e. The molecule has 1 heterocycles. The van der Waals surface area contributed by atoms with Gasteiger partial charge in [0.1, 0.15) is 5.69 Å². The van der Waals surface area contributed by atoms with Crippen molar-refractivity contribution < 1.29 is 15.0 Å². The first-order valence-corrected chi connectivity index (χ1v) is 11.8. The maximum Gasteiger partial charge on any atom is 0.259 e. The van der Waals surface area contributed by atoms with Crippen LogP contribution in [-0.4, -0.2) is 20.6 Å². The van der Waals surface area contributed by atoms with Gasteiger partial charge in [-0.1, -0.05) is 96.5 Å². The zero-order valence-corrected chi connectivity index (χ0v) is 19.0. The monoisotopic (exact) mass is 419 g/mol. The number of unbranched alkanes of at least 4 members (excludes halogenated alkanes) is 14. The van der Waals surface area contributed by atoms with Crippen LogP contribution >= 0.6 is 0 Å². The van der Waals surface area contributed by atoms with Crippen molar-refractivity contribution in [3.8, 4) is 11.5 Å². The highest BCUT2D eigenvalue weighted by Crippen LogP contribution is 2.27. The summed E-state index contributed by atoms with van der Waals surface area (Å²) in [6.07, 6.45) is 22.5. The first-order valence-electron chi connectivity index (χ1n) is 11.8. The van der Waals surface area contributed by atoms with E-state index in [1.165, 1.54) is 90.2 Å². The predicted octanol–water partition coefficient (Wildman–Crippen LogP) is 6.80. The Balaban J connectivity index is 2.13. The highest BCUT2D eigenvalue weighted by atomic mass is 16.3. The minimum atomic E-state index is -0.568. The van der Waals surface area contributed by atoms with Crippen LogP contribution in [0.1, 0.15) is 121 Å². The van der Waals surface area contributed by atoms with Gasteiger partial charge in [0.05, 0.1) is 0 Å². The minimum Gasteiger partial charge on any atom is -0.504 e. The summed E-state index contributed by atoms with van der Waals surface area (Å²) in [4.78, 5) is 23.7. The quantitative estimate of drug-likeness (QED) is 0.215. The lowest BCUT2D eigenvalue weighted by atomic mass is 10.0. The standard InChI is InChI=1S/C25H41NO4/c1-3-4-5-6-7-8-9-10-11-12-13-14-15-16-17-18-19-26-23(29)20-22(28)25(30)24(26)21(2)27/h18-20,28,30H,3-17H2,1-2H3. The van der Waals surface area contributed by atoms with E-state index in [1.54, 1.807) is 0 Å². The average molecular weight is 420 g/mol. The van der Waals surface area contributed by atoms with Crippen molar-refractivity contribution in [1.29, 1.82) is 0 Å². The Hall–Kier alpha value is -2.04. The number of pyridine rings is 1. The number of Topliss-reactive ketones (excluding diaryl/α,β-unsaturated/α-hetero) is 1. The van der Waals surface area contributed by atoms with Crippen molar-refractivity contribution in [2.75, 3.05) is 0 Å². The third-order valence-corrected chi connectivity index (χ3v) is 5.52. The maximum absolute atomic E-state index is 12.0. The number of hydrogen-bond donors (Lipinski definition) is 2. The fraction of sp³-hybridized carbons (Fsp3) is 0.680. The molecule has 0 spiro atoms. The van der Waals surface area contributed by atoms with Crippen LogP contribution in [0.3, 0.4) is 0 Å². The van der Waals surface area contributed by atoms with Gasteiger partial charge in [-0.2, -0.15) is 0 Å². The van der Waals surface area contributed by atoms with E-state index in [1.807, 2.05) is 6.08 Å². The molecule has 0 aliphatic heterocycles. The Morgan fingerprint density at radius 3 is 1.80 bits per heavy atom. The molecule has 0 bridgehead atoms. The molecule has 0 unspecified atom stereocenters. The summed E-state index contributed by atoms with van der Waals surface area (Å²) in [5.41, 5.74) is -0.718. The predicted molar refractivity (Wildman–Crippen MR) is 124 cm³/mol. The Labute approximate surface area is 181 Å². The van der Waals surface area contributed by atoms with Crippen molar-refractivity contribution in [2.45, 2.75) is 110 Å². The van der Waals surface area contributed by atoms with Crippen LogP contribution in [0.15, 0.2) is 16.9 Å². The summed E-state index contributed by atoms with van der Waals surface area (Å²) in [6.45, 7) is 3.51. The molecule has 0 saturated heterocycles. The molecular weight excluding hydrogens is 378 g/mol. The van der Waals surface area contributed by atoms with Gasteiger partial charge in [0.15, 0.2) is 17.3 Å². The van der Waals surface area contributed by atoms with Gasteiger partial charge in [-0.15, -0.1) is 0 Å². The molecule has 0 amide bonds. The van der Waals surface area contributed by atoms with E-state index in [0.29, 0.717) is 0 Å². The molecule has 170 valence electrons. The third-order valence-electron chi connectivity index (χ3n) is 5.52. The van der Waals surface area contributed by atoms with Gasteiger partial charge in [-0.25, -0.2) is 0 Å². The lowest BCUT2D eigenvalue weighted by Gasteiger charge is -2.09. The summed E-state index contributed by atoms with van der Waals surface area (Å²) in [6, 6.07) is 0.915. The van der Waals surface area contributed by atoms with E-state index in [2.05, 4.69) is 6.92 Å². The number of aromatic hydroxyl groups is 2. The molecule has 0 radical (unpaired) electrons. The molecule has 30 heavy (non-hydrogen) atoms.